The molecule has 192 valence electrons. The molecule has 2 heterocycles. The third-order valence-corrected chi connectivity index (χ3v) is 6.93. The first-order valence-electron chi connectivity index (χ1n) is 11.8. The Morgan fingerprint density at radius 3 is 2.68 bits per heavy atom. The van der Waals surface area contributed by atoms with Crippen molar-refractivity contribution in [1.82, 2.24) is 14.5 Å². The Morgan fingerprint density at radius 2 is 1.97 bits per heavy atom. The van der Waals surface area contributed by atoms with E-state index in [1.165, 1.54) is 19.2 Å². The van der Waals surface area contributed by atoms with Crippen LogP contribution in [0.2, 0.25) is 5.02 Å². The van der Waals surface area contributed by atoms with E-state index in [0.717, 1.165) is 16.2 Å². The van der Waals surface area contributed by atoms with Crippen molar-refractivity contribution < 1.29 is 19.3 Å². The normalized spacial score (nSPS) is 15.8. The number of nitrogens with zero attached hydrogens (tertiary/aromatic N) is 3. The van der Waals surface area contributed by atoms with Crippen molar-refractivity contribution in [3.63, 3.8) is 0 Å². The van der Waals surface area contributed by atoms with Crippen LogP contribution in [0.25, 0.3) is 29.5 Å². The van der Waals surface area contributed by atoms with Crippen molar-refractivity contribution in [3.8, 4) is 28.6 Å². The molecule has 0 aliphatic carbocycles. The molecular weight excluding hydrogens is 509 g/mol. The Labute approximate surface area is 223 Å². The van der Waals surface area contributed by atoms with Gasteiger partial charge in [-0.25, -0.2) is 4.98 Å². The Hall–Kier alpha value is -4.48. The predicted molar refractivity (Wildman–Crippen MR) is 142 cm³/mol. The molecule has 1 aliphatic rings. The number of methoxy groups -OCH3 is 1. The highest BCUT2D eigenvalue weighted by Gasteiger charge is 2.28. The summed E-state index contributed by atoms with van der Waals surface area (Å²) in [7, 11) is 1.40. The molecule has 1 unspecified atom stereocenters. The second-order valence-corrected chi connectivity index (χ2v) is 9.25. The van der Waals surface area contributed by atoms with E-state index < -0.39 is 11.4 Å². The van der Waals surface area contributed by atoms with Crippen LogP contribution in [0.4, 0.5) is 4.39 Å². The minimum absolute atomic E-state index is 0.00430. The molecule has 1 saturated heterocycles. The first-order chi connectivity index (χ1) is 18.3. The fraction of sp³-hybridized carbons (Fsp3) is 0.172. The monoisotopic (exact) mass is 531 g/mol. The summed E-state index contributed by atoms with van der Waals surface area (Å²) in [6.45, 7) is 4.83. The van der Waals surface area contributed by atoms with Gasteiger partial charge in [0.25, 0.3) is 5.56 Å². The van der Waals surface area contributed by atoms with Crippen LogP contribution in [0, 0.1) is 17.9 Å². The predicted octanol–water partition coefficient (Wildman–Crippen LogP) is 3.53. The third kappa shape index (κ3) is 4.42. The van der Waals surface area contributed by atoms with E-state index >= 15 is 0 Å². The Bertz CT molecular complexity index is 1690. The molecule has 1 aliphatic heterocycles. The highest BCUT2D eigenvalue weighted by atomic mass is 35.5. The number of aromatic hydroxyl groups is 1. The second-order valence-electron chi connectivity index (χ2n) is 8.85. The summed E-state index contributed by atoms with van der Waals surface area (Å²) < 4.78 is 20.1. The molecule has 38 heavy (non-hydrogen) atoms. The number of aromatic nitrogens is 2. The average molecular weight is 532 g/mol. The number of hydrogen-bond acceptors (Lipinski definition) is 6. The maximum atomic E-state index is 14.1. The number of benzene rings is 2. The fourth-order valence-corrected chi connectivity index (χ4v) is 5.04. The minimum Gasteiger partial charge on any atom is -0.506 e. The highest BCUT2D eigenvalue weighted by Crippen LogP contribution is 2.34. The Kier molecular flexibility index (Phi) is 6.70. The summed E-state index contributed by atoms with van der Waals surface area (Å²) in [5.74, 6) is -0.931. The van der Waals surface area contributed by atoms with Gasteiger partial charge in [-0.05, 0) is 48.4 Å². The van der Waals surface area contributed by atoms with E-state index in [1.54, 1.807) is 17.0 Å². The minimum atomic E-state index is -0.698. The molecule has 1 atom stereocenters. The lowest BCUT2D eigenvalue weighted by molar-refractivity contribution is 0.322. The Morgan fingerprint density at radius 1 is 1.18 bits per heavy atom. The van der Waals surface area contributed by atoms with Crippen LogP contribution >= 0.6 is 11.6 Å². The maximum absolute atomic E-state index is 14.1. The summed E-state index contributed by atoms with van der Waals surface area (Å²) in [5.41, 5.74) is 0.498. The summed E-state index contributed by atoms with van der Waals surface area (Å²) >= 11 is 6.39. The molecule has 4 aromatic rings. The lowest BCUT2D eigenvalue weighted by Gasteiger charge is -2.19. The fourth-order valence-electron chi connectivity index (χ4n) is 4.75. The van der Waals surface area contributed by atoms with Gasteiger partial charge in [0.2, 0.25) is 5.88 Å². The van der Waals surface area contributed by atoms with E-state index in [0.29, 0.717) is 24.5 Å². The van der Waals surface area contributed by atoms with Crippen LogP contribution in [0.5, 0.6) is 11.5 Å². The van der Waals surface area contributed by atoms with Crippen molar-refractivity contribution in [2.75, 3.05) is 20.2 Å². The number of halogens is 2. The van der Waals surface area contributed by atoms with Crippen LogP contribution in [0.3, 0.4) is 0 Å². The van der Waals surface area contributed by atoms with Crippen molar-refractivity contribution in [2.45, 2.75) is 12.3 Å². The number of aliphatic hydroxyl groups excluding tert-OH is 1. The van der Waals surface area contributed by atoms with Crippen LogP contribution < -0.4 is 20.9 Å². The van der Waals surface area contributed by atoms with E-state index in [4.69, 9.17) is 16.3 Å². The first kappa shape index (κ1) is 25.2. The maximum Gasteiger partial charge on any atom is 0.271 e. The zero-order valence-corrected chi connectivity index (χ0v) is 21.2. The molecular formula is C29H23ClFN3O4. The number of phenolic OH excluding ortho intramolecular Hbond substituents is 1. The van der Waals surface area contributed by atoms with Gasteiger partial charge in [0, 0.05) is 24.0 Å². The molecule has 0 saturated carbocycles. The van der Waals surface area contributed by atoms with Gasteiger partial charge in [0.15, 0.2) is 11.6 Å². The van der Waals surface area contributed by atoms with Gasteiger partial charge in [-0.15, -0.1) is 0 Å². The van der Waals surface area contributed by atoms with Gasteiger partial charge in [-0.1, -0.05) is 48.5 Å². The molecule has 5 rings (SSSR count). The quantitative estimate of drug-likeness (QED) is 0.410. The smallest absolute Gasteiger partial charge is 0.271 e. The van der Waals surface area contributed by atoms with Gasteiger partial charge < -0.3 is 19.8 Å². The lowest BCUT2D eigenvalue weighted by atomic mass is 9.98. The number of rotatable bonds is 5. The van der Waals surface area contributed by atoms with E-state index in [1.807, 2.05) is 24.3 Å². The van der Waals surface area contributed by atoms with Crippen molar-refractivity contribution in [1.29, 1.82) is 0 Å². The SMILES string of the molecule is C=c1nc(-c2c#cc(F)cc2)n(-c2c(O)cccc2OC)c(=O)c1=C(O)N1CCC(c2ccccc2Cl)C1. The molecule has 7 nitrogen and oxygen atoms in total. The van der Waals surface area contributed by atoms with Gasteiger partial charge in [-0.2, -0.15) is 4.39 Å². The number of phenols is 1. The standard InChI is InChI=1S/C29H23ClFN3O4/c1-17-25(28(36)33-15-14-19(16-33)21-6-3-4-7-22(21)30)29(37)34(26-23(35)8-5-9-24(26)38-2)27(32-17)18-10-12-20(31)13-11-18/h3-10,12,19,35-36H,1,14-16H2,2H3. The summed E-state index contributed by atoms with van der Waals surface area (Å²) in [6, 6.07) is 19.6. The van der Waals surface area contributed by atoms with Crippen molar-refractivity contribution in [2.24, 2.45) is 0 Å². The molecule has 3 aromatic carbocycles. The second kappa shape index (κ2) is 10.1. The van der Waals surface area contributed by atoms with Gasteiger partial charge in [0.05, 0.1) is 18.0 Å². The number of para-hydroxylation sites is 1. The molecule has 1 aromatic heterocycles. The van der Waals surface area contributed by atoms with Crippen LogP contribution in [-0.4, -0.2) is 44.9 Å². The molecule has 1 fully saturated rings. The van der Waals surface area contributed by atoms with E-state index in [-0.39, 0.29) is 50.9 Å². The highest BCUT2D eigenvalue weighted by molar-refractivity contribution is 6.31. The van der Waals surface area contributed by atoms with Gasteiger partial charge in [0.1, 0.15) is 22.4 Å². The van der Waals surface area contributed by atoms with Gasteiger partial charge in [-0.3, -0.25) is 9.36 Å². The largest absolute Gasteiger partial charge is 0.506 e. The summed E-state index contributed by atoms with van der Waals surface area (Å²) in [6.07, 6.45) is 0.716. The molecule has 0 amide bonds. The molecule has 9 heteroatoms. The van der Waals surface area contributed by atoms with Crippen molar-refractivity contribution in [3.05, 3.63) is 104 Å². The first-order valence-corrected chi connectivity index (χ1v) is 12.2. The molecule has 0 bridgehead atoms. The van der Waals surface area contributed by atoms with E-state index in [2.05, 4.69) is 23.7 Å². The van der Waals surface area contributed by atoms with Crippen LogP contribution in [0.1, 0.15) is 17.9 Å². The number of aliphatic hydroxyl groups is 1. The van der Waals surface area contributed by atoms with Crippen LogP contribution in [0.15, 0.2) is 59.4 Å². The third-order valence-electron chi connectivity index (χ3n) is 6.59. The molecule has 2 N–H and O–H groups in total. The topological polar surface area (TPSA) is 87.8 Å². The average Bonchev–Trinajstić information content (AvgIpc) is 3.39. The van der Waals surface area contributed by atoms with E-state index in [9.17, 15) is 19.4 Å². The lowest BCUT2D eigenvalue weighted by Crippen LogP contribution is -2.50. The number of ether oxygens (including phenoxy) is 1. The van der Waals surface area contributed by atoms with Gasteiger partial charge >= 0.3 is 0 Å². The number of likely N-dealkylation sites (tertiary alicyclic amines) is 1. The Balaban J connectivity index is 1.73. The van der Waals surface area contributed by atoms with Crippen molar-refractivity contribution >= 4 is 24.1 Å². The molecule has 0 radical (unpaired) electrons. The van der Waals surface area contributed by atoms with Crippen LogP contribution in [-0.2, 0) is 0 Å². The summed E-state index contributed by atoms with van der Waals surface area (Å²) in [5, 5.41) is 22.6. The zero-order valence-electron chi connectivity index (χ0n) is 20.4. The summed E-state index contributed by atoms with van der Waals surface area (Å²) in [4.78, 5) is 20.2. The molecule has 0 spiro atoms. The number of hydrogen-bond donors (Lipinski definition) is 2. The zero-order chi connectivity index (χ0) is 27.0.